The van der Waals surface area contributed by atoms with Crippen molar-refractivity contribution in [3.63, 3.8) is 0 Å². The van der Waals surface area contributed by atoms with Crippen LogP contribution in [0.15, 0.2) is 146 Å². The predicted octanol–water partition coefficient (Wildman–Crippen LogP) is 9.46. The van der Waals surface area contributed by atoms with Gasteiger partial charge >= 0.3 is 0 Å². The molecular formula is C38H27N. The van der Waals surface area contributed by atoms with Crippen molar-refractivity contribution in [3.8, 4) is 16.8 Å². The Labute approximate surface area is 228 Å². The number of fused-ring (bicyclic) bond motifs is 6. The predicted molar refractivity (Wildman–Crippen MR) is 163 cm³/mol. The molecule has 0 N–H and O–H groups in total. The number of rotatable bonds is 3. The summed E-state index contributed by atoms with van der Waals surface area (Å²) < 4.78 is 2.45. The molecule has 184 valence electrons. The molecule has 6 aromatic carbocycles. The van der Waals surface area contributed by atoms with E-state index in [1.54, 1.807) is 0 Å². The van der Waals surface area contributed by atoms with E-state index in [2.05, 4.69) is 157 Å². The van der Waals surface area contributed by atoms with Crippen LogP contribution in [0.3, 0.4) is 0 Å². The number of nitrogens with zero attached hydrogens (tertiary/aromatic N) is 1. The lowest BCUT2D eigenvalue weighted by molar-refractivity contribution is 0.769. The van der Waals surface area contributed by atoms with E-state index in [4.69, 9.17) is 0 Å². The van der Waals surface area contributed by atoms with Crippen molar-refractivity contribution < 1.29 is 0 Å². The van der Waals surface area contributed by atoms with Gasteiger partial charge in [-0.15, -0.1) is 0 Å². The van der Waals surface area contributed by atoms with Crippen molar-refractivity contribution in [2.75, 3.05) is 0 Å². The fourth-order valence-electron chi connectivity index (χ4n) is 6.95. The molecule has 0 aliphatic heterocycles. The van der Waals surface area contributed by atoms with Crippen LogP contribution in [0, 0.1) is 6.92 Å². The van der Waals surface area contributed by atoms with Gasteiger partial charge in [0.1, 0.15) is 0 Å². The molecule has 0 radical (unpaired) electrons. The highest BCUT2D eigenvalue weighted by molar-refractivity contribution is 6.12. The molecule has 1 heteroatoms. The third kappa shape index (κ3) is 3.02. The van der Waals surface area contributed by atoms with Crippen molar-refractivity contribution in [1.29, 1.82) is 0 Å². The van der Waals surface area contributed by atoms with Gasteiger partial charge in [0.2, 0.25) is 0 Å². The minimum absolute atomic E-state index is 0.406. The largest absolute Gasteiger partial charge is 0.309 e. The monoisotopic (exact) mass is 497 g/mol. The second kappa shape index (κ2) is 8.31. The Balaban J connectivity index is 1.58. The smallest absolute Gasteiger partial charge is 0.0714 e. The van der Waals surface area contributed by atoms with Crippen molar-refractivity contribution in [3.05, 3.63) is 173 Å². The molecule has 0 unspecified atom stereocenters. The SMILES string of the molecule is Cc1cccc(-n2c3ccccc3c3cc4c(cc32)C(c2ccccc2)(c2ccccc2)c2ccccc2-4)c1. The summed E-state index contributed by atoms with van der Waals surface area (Å²) in [5.74, 6) is 0. The Morgan fingerprint density at radius 1 is 0.462 bits per heavy atom. The quantitative estimate of drug-likeness (QED) is 0.229. The summed E-state index contributed by atoms with van der Waals surface area (Å²) in [6.07, 6.45) is 0. The third-order valence-electron chi connectivity index (χ3n) is 8.51. The lowest BCUT2D eigenvalue weighted by Crippen LogP contribution is -2.28. The Kier molecular flexibility index (Phi) is 4.72. The summed E-state index contributed by atoms with van der Waals surface area (Å²) in [5.41, 5.74) is 12.4. The zero-order valence-corrected chi connectivity index (χ0v) is 21.8. The second-order valence-corrected chi connectivity index (χ2v) is 10.6. The minimum Gasteiger partial charge on any atom is -0.309 e. The first-order valence-corrected chi connectivity index (χ1v) is 13.6. The van der Waals surface area contributed by atoms with Gasteiger partial charge in [0.15, 0.2) is 0 Å². The molecule has 0 saturated heterocycles. The Morgan fingerprint density at radius 2 is 1.13 bits per heavy atom. The molecule has 1 aromatic heterocycles. The summed E-state index contributed by atoms with van der Waals surface area (Å²) >= 11 is 0. The average Bonchev–Trinajstić information content (AvgIpc) is 3.47. The number of hydrogen-bond donors (Lipinski definition) is 0. The van der Waals surface area contributed by atoms with Gasteiger partial charge in [-0.3, -0.25) is 0 Å². The van der Waals surface area contributed by atoms with E-state index in [-0.39, 0.29) is 0 Å². The number of aromatic nitrogens is 1. The van der Waals surface area contributed by atoms with E-state index in [0.29, 0.717) is 0 Å². The highest BCUT2D eigenvalue weighted by atomic mass is 15.0. The standard InChI is InChI=1S/C38H27N/c1-26-13-12-18-29(23-26)39-36-22-11-9-20-31(36)33-24-32-30-19-8-10-21-34(30)38(35(32)25-37(33)39,27-14-4-2-5-15-27)28-16-6-3-7-17-28/h2-25H,1H3. The summed E-state index contributed by atoms with van der Waals surface area (Å²) in [6, 6.07) is 53.6. The van der Waals surface area contributed by atoms with E-state index < -0.39 is 5.41 Å². The second-order valence-electron chi connectivity index (χ2n) is 10.6. The summed E-state index contributed by atoms with van der Waals surface area (Å²) in [4.78, 5) is 0. The molecule has 0 atom stereocenters. The minimum atomic E-state index is -0.406. The van der Waals surface area contributed by atoms with E-state index in [1.165, 1.54) is 66.4 Å². The van der Waals surface area contributed by atoms with Gasteiger partial charge in [-0.1, -0.05) is 115 Å². The van der Waals surface area contributed by atoms with E-state index in [1.807, 2.05) is 0 Å². The maximum Gasteiger partial charge on any atom is 0.0714 e. The molecule has 0 spiro atoms. The van der Waals surface area contributed by atoms with Gasteiger partial charge in [0.05, 0.1) is 16.4 Å². The van der Waals surface area contributed by atoms with E-state index in [0.717, 1.165) is 0 Å². The van der Waals surface area contributed by atoms with Crippen molar-refractivity contribution in [2.24, 2.45) is 0 Å². The number of hydrogen-bond acceptors (Lipinski definition) is 0. The molecule has 1 aliphatic rings. The van der Waals surface area contributed by atoms with Gasteiger partial charge in [-0.25, -0.2) is 0 Å². The van der Waals surface area contributed by atoms with Crippen LogP contribution < -0.4 is 0 Å². The number of para-hydroxylation sites is 1. The van der Waals surface area contributed by atoms with Gasteiger partial charge in [0, 0.05) is 16.5 Å². The highest BCUT2D eigenvalue weighted by Crippen LogP contribution is 2.57. The third-order valence-corrected chi connectivity index (χ3v) is 8.51. The Hall–Kier alpha value is -4.88. The molecule has 8 rings (SSSR count). The van der Waals surface area contributed by atoms with Gasteiger partial charge in [-0.2, -0.15) is 0 Å². The lowest BCUT2D eigenvalue weighted by Gasteiger charge is -2.34. The molecule has 0 saturated carbocycles. The summed E-state index contributed by atoms with van der Waals surface area (Å²) in [6.45, 7) is 2.17. The van der Waals surface area contributed by atoms with Crippen LogP contribution in [0.1, 0.15) is 27.8 Å². The van der Waals surface area contributed by atoms with Crippen LogP contribution in [-0.4, -0.2) is 4.57 Å². The van der Waals surface area contributed by atoms with Gasteiger partial charge in [0.25, 0.3) is 0 Å². The van der Waals surface area contributed by atoms with Crippen molar-refractivity contribution in [2.45, 2.75) is 12.3 Å². The molecule has 0 bridgehead atoms. The first-order valence-electron chi connectivity index (χ1n) is 13.6. The van der Waals surface area contributed by atoms with Gasteiger partial charge < -0.3 is 4.57 Å². The molecule has 1 nitrogen and oxygen atoms in total. The maximum atomic E-state index is 2.48. The van der Waals surface area contributed by atoms with Gasteiger partial charge in [-0.05, 0) is 76.2 Å². The van der Waals surface area contributed by atoms with Crippen LogP contribution in [0.5, 0.6) is 0 Å². The first kappa shape index (κ1) is 22.1. The first-order chi connectivity index (χ1) is 19.3. The maximum absolute atomic E-state index is 2.48. The summed E-state index contributed by atoms with van der Waals surface area (Å²) in [5, 5.41) is 2.57. The van der Waals surface area contributed by atoms with Crippen molar-refractivity contribution >= 4 is 21.8 Å². The van der Waals surface area contributed by atoms with Crippen LogP contribution in [0.4, 0.5) is 0 Å². The highest BCUT2D eigenvalue weighted by Gasteiger charge is 2.46. The Bertz CT molecular complexity index is 1970. The number of aryl methyl sites for hydroxylation is 1. The van der Waals surface area contributed by atoms with Crippen LogP contribution in [-0.2, 0) is 5.41 Å². The topological polar surface area (TPSA) is 4.93 Å². The van der Waals surface area contributed by atoms with Crippen LogP contribution in [0.25, 0.3) is 38.6 Å². The zero-order valence-electron chi connectivity index (χ0n) is 21.8. The molecule has 7 aromatic rings. The summed E-state index contributed by atoms with van der Waals surface area (Å²) in [7, 11) is 0. The van der Waals surface area contributed by atoms with Crippen LogP contribution in [0.2, 0.25) is 0 Å². The average molecular weight is 498 g/mol. The van der Waals surface area contributed by atoms with Crippen LogP contribution >= 0.6 is 0 Å². The molecule has 0 amide bonds. The fraction of sp³-hybridized carbons (Fsp3) is 0.0526. The molecule has 39 heavy (non-hydrogen) atoms. The normalized spacial score (nSPS) is 13.5. The van der Waals surface area contributed by atoms with Crippen molar-refractivity contribution in [1.82, 2.24) is 4.57 Å². The fourth-order valence-corrected chi connectivity index (χ4v) is 6.95. The zero-order chi connectivity index (χ0) is 26.0. The molecule has 1 heterocycles. The lowest BCUT2D eigenvalue weighted by atomic mass is 9.67. The Morgan fingerprint density at radius 3 is 1.87 bits per heavy atom. The van der Waals surface area contributed by atoms with E-state index >= 15 is 0 Å². The van der Waals surface area contributed by atoms with E-state index in [9.17, 15) is 0 Å². The molecule has 0 fully saturated rings. The molecular weight excluding hydrogens is 470 g/mol. The molecule has 1 aliphatic carbocycles. The number of benzene rings is 6.